The third kappa shape index (κ3) is 4.24. The molecule has 2 aromatic rings. The van der Waals surface area contributed by atoms with Gasteiger partial charge in [-0.1, -0.05) is 12.1 Å². The highest BCUT2D eigenvalue weighted by molar-refractivity contribution is 5.95. The van der Waals surface area contributed by atoms with E-state index in [0.29, 0.717) is 24.6 Å². The smallest absolute Gasteiger partial charge is 0.335 e. The van der Waals surface area contributed by atoms with E-state index in [9.17, 15) is 14.0 Å². The normalized spacial score (nSPS) is 15.2. The Morgan fingerprint density at radius 1 is 0.960 bits per heavy atom. The molecule has 0 atom stereocenters. The molecule has 1 fully saturated rings. The maximum absolute atomic E-state index is 13.0. The van der Waals surface area contributed by atoms with Crippen LogP contribution in [0.15, 0.2) is 48.5 Å². The lowest BCUT2D eigenvalue weighted by atomic mass is 9.90. The van der Waals surface area contributed by atoms with Crippen molar-refractivity contribution in [2.75, 3.05) is 13.1 Å². The van der Waals surface area contributed by atoms with Crippen LogP contribution in [0.3, 0.4) is 0 Å². The lowest BCUT2D eigenvalue weighted by Crippen LogP contribution is -2.38. The van der Waals surface area contributed by atoms with E-state index in [0.717, 1.165) is 24.8 Å². The first kappa shape index (κ1) is 17.1. The summed E-state index contributed by atoms with van der Waals surface area (Å²) in [5, 5.41) is 8.91. The Bertz CT molecular complexity index is 748. The van der Waals surface area contributed by atoms with Gasteiger partial charge in [-0.15, -0.1) is 0 Å². The van der Waals surface area contributed by atoms with Gasteiger partial charge in [0.05, 0.1) is 5.56 Å². The molecule has 0 bridgehead atoms. The number of nitrogens with zero attached hydrogens (tertiary/aromatic N) is 1. The quantitative estimate of drug-likeness (QED) is 0.924. The first-order chi connectivity index (χ1) is 12.0. The molecule has 1 aliphatic rings. The first-order valence-electron chi connectivity index (χ1n) is 8.40. The summed E-state index contributed by atoms with van der Waals surface area (Å²) in [4.78, 5) is 25.2. The zero-order valence-electron chi connectivity index (χ0n) is 13.8. The number of amides is 1. The van der Waals surface area contributed by atoms with Crippen molar-refractivity contribution in [3.8, 4) is 0 Å². The number of hydrogen-bond donors (Lipinski definition) is 1. The lowest BCUT2D eigenvalue weighted by molar-refractivity contribution is 0.0679. The van der Waals surface area contributed by atoms with Gasteiger partial charge >= 0.3 is 5.97 Å². The van der Waals surface area contributed by atoms with E-state index in [1.54, 1.807) is 12.1 Å². The Labute approximate surface area is 145 Å². The van der Waals surface area contributed by atoms with Crippen molar-refractivity contribution in [3.63, 3.8) is 0 Å². The number of benzene rings is 2. The summed E-state index contributed by atoms with van der Waals surface area (Å²) >= 11 is 0. The number of carboxylic acids is 1. The fraction of sp³-hybridized carbons (Fsp3) is 0.300. The van der Waals surface area contributed by atoms with Crippen LogP contribution in [0.2, 0.25) is 0 Å². The summed E-state index contributed by atoms with van der Waals surface area (Å²) in [6, 6.07) is 12.6. The van der Waals surface area contributed by atoms with Crippen molar-refractivity contribution >= 4 is 11.9 Å². The number of likely N-dealkylation sites (tertiary alicyclic amines) is 1. The highest BCUT2D eigenvalue weighted by atomic mass is 19.1. The highest BCUT2D eigenvalue weighted by Gasteiger charge is 2.24. The fourth-order valence-electron chi connectivity index (χ4n) is 3.23. The third-order valence-electron chi connectivity index (χ3n) is 4.72. The van der Waals surface area contributed by atoms with E-state index < -0.39 is 5.97 Å². The van der Waals surface area contributed by atoms with Gasteiger partial charge in [0.1, 0.15) is 5.82 Å². The zero-order valence-corrected chi connectivity index (χ0v) is 13.8. The summed E-state index contributed by atoms with van der Waals surface area (Å²) in [5.74, 6) is -0.792. The van der Waals surface area contributed by atoms with Crippen LogP contribution < -0.4 is 0 Å². The molecule has 25 heavy (non-hydrogen) atoms. The average Bonchev–Trinajstić information content (AvgIpc) is 2.64. The number of piperidine rings is 1. The summed E-state index contributed by atoms with van der Waals surface area (Å²) in [6.45, 7) is 1.37. The highest BCUT2D eigenvalue weighted by Crippen LogP contribution is 2.23. The van der Waals surface area contributed by atoms with E-state index >= 15 is 0 Å². The topological polar surface area (TPSA) is 57.6 Å². The van der Waals surface area contributed by atoms with Gasteiger partial charge in [-0.25, -0.2) is 9.18 Å². The van der Waals surface area contributed by atoms with Crippen molar-refractivity contribution in [1.82, 2.24) is 4.90 Å². The van der Waals surface area contributed by atoms with E-state index in [1.165, 1.54) is 24.3 Å². The zero-order chi connectivity index (χ0) is 17.8. The van der Waals surface area contributed by atoms with E-state index in [4.69, 9.17) is 5.11 Å². The number of rotatable bonds is 4. The van der Waals surface area contributed by atoms with Crippen molar-refractivity contribution in [3.05, 3.63) is 71.0 Å². The predicted molar refractivity (Wildman–Crippen MR) is 92.1 cm³/mol. The van der Waals surface area contributed by atoms with Crippen LogP contribution in [0, 0.1) is 11.7 Å². The maximum atomic E-state index is 13.0. The van der Waals surface area contributed by atoms with Gasteiger partial charge in [-0.3, -0.25) is 4.79 Å². The molecule has 0 unspecified atom stereocenters. The molecule has 0 spiro atoms. The minimum atomic E-state index is -0.999. The third-order valence-corrected chi connectivity index (χ3v) is 4.72. The van der Waals surface area contributed by atoms with Crippen LogP contribution in [0.4, 0.5) is 4.39 Å². The second-order valence-corrected chi connectivity index (χ2v) is 6.45. The molecule has 0 radical (unpaired) electrons. The lowest BCUT2D eigenvalue weighted by Gasteiger charge is -2.32. The van der Waals surface area contributed by atoms with Crippen molar-refractivity contribution in [1.29, 1.82) is 0 Å². The Balaban J connectivity index is 1.55. The Morgan fingerprint density at radius 2 is 1.52 bits per heavy atom. The van der Waals surface area contributed by atoms with Gasteiger partial charge in [0.2, 0.25) is 0 Å². The molecule has 1 amide bonds. The maximum Gasteiger partial charge on any atom is 0.335 e. The monoisotopic (exact) mass is 341 g/mol. The van der Waals surface area contributed by atoms with Gasteiger partial charge in [0.15, 0.2) is 0 Å². The molecule has 4 nitrogen and oxygen atoms in total. The van der Waals surface area contributed by atoms with Crippen LogP contribution >= 0.6 is 0 Å². The van der Waals surface area contributed by atoms with E-state index in [1.807, 2.05) is 17.0 Å². The molecule has 0 saturated carbocycles. The van der Waals surface area contributed by atoms with Crippen molar-refractivity contribution < 1.29 is 19.1 Å². The van der Waals surface area contributed by atoms with Crippen LogP contribution in [-0.4, -0.2) is 35.0 Å². The number of carboxylic acid groups (broad SMARTS) is 1. The molecule has 1 aliphatic heterocycles. The van der Waals surface area contributed by atoms with Crippen LogP contribution in [0.1, 0.15) is 39.1 Å². The number of aromatic carboxylic acids is 1. The Hall–Kier alpha value is -2.69. The molecule has 3 rings (SSSR count). The number of carbonyl (C=O) groups excluding carboxylic acids is 1. The Morgan fingerprint density at radius 3 is 2.08 bits per heavy atom. The van der Waals surface area contributed by atoms with Gasteiger partial charge in [-0.2, -0.15) is 0 Å². The molecule has 1 heterocycles. The van der Waals surface area contributed by atoms with Crippen LogP contribution in [0.5, 0.6) is 0 Å². The predicted octanol–water partition coefficient (Wildman–Crippen LogP) is 3.62. The average molecular weight is 341 g/mol. The van der Waals surface area contributed by atoms with E-state index in [-0.39, 0.29) is 17.3 Å². The molecular weight excluding hydrogens is 321 g/mol. The standard InChI is InChI=1S/C20H20FNO3/c21-18-7-1-14(2-8-18)13-15-9-11-22(12-10-15)19(23)16-3-5-17(6-4-16)20(24)25/h1-8,15H,9-13H2,(H,24,25). The molecular formula is C20H20FNO3. The number of hydrogen-bond acceptors (Lipinski definition) is 2. The molecule has 130 valence electrons. The first-order valence-corrected chi connectivity index (χ1v) is 8.40. The minimum absolute atomic E-state index is 0.0582. The van der Waals surface area contributed by atoms with Crippen LogP contribution in [-0.2, 0) is 6.42 Å². The van der Waals surface area contributed by atoms with Gasteiger partial charge in [0, 0.05) is 18.7 Å². The summed E-state index contributed by atoms with van der Waals surface area (Å²) in [7, 11) is 0. The second kappa shape index (κ2) is 7.47. The van der Waals surface area contributed by atoms with Crippen molar-refractivity contribution in [2.24, 2.45) is 5.92 Å². The Kier molecular flexibility index (Phi) is 5.12. The molecule has 2 aromatic carbocycles. The van der Waals surface area contributed by atoms with E-state index in [2.05, 4.69) is 0 Å². The SMILES string of the molecule is O=C(O)c1ccc(C(=O)N2CCC(Cc3ccc(F)cc3)CC2)cc1. The molecule has 0 aromatic heterocycles. The van der Waals surface area contributed by atoms with Crippen molar-refractivity contribution in [2.45, 2.75) is 19.3 Å². The summed E-state index contributed by atoms with van der Waals surface area (Å²) in [5.41, 5.74) is 1.81. The minimum Gasteiger partial charge on any atom is -0.478 e. The number of carbonyl (C=O) groups is 2. The summed E-state index contributed by atoms with van der Waals surface area (Å²) in [6.07, 6.45) is 2.72. The molecule has 0 aliphatic carbocycles. The molecule has 5 heteroatoms. The molecule has 1 saturated heterocycles. The number of halogens is 1. The van der Waals surface area contributed by atoms with Crippen LogP contribution in [0.25, 0.3) is 0 Å². The fourth-order valence-corrected chi connectivity index (χ4v) is 3.23. The van der Waals surface area contributed by atoms with Gasteiger partial charge in [0.25, 0.3) is 5.91 Å². The summed E-state index contributed by atoms with van der Waals surface area (Å²) < 4.78 is 13.0. The van der Waals surface area contributed by atoms with Gasteiger partial charge in [-0.05, 0) is 67.1 Å². The van der Waals surface area contributed by atoms with Gasteiger partial charge < -0.3 is 10.0 Å². The molecule has 1 N–H and O–H groups in total. The largest absolute Gasteiger partial charge is 0.478 e. The second-order valence-electron chi connectivity index (χ2n) is 6.45.